The molecule has 2 aliphatic carbocycles. The van der Waals surface area contributed by atoms with Crippen LogP contribution in [0.3, 0.4) is 0 Å². The summed E-state index contributed by atoms with van der Waals surface area (Å²) in [4.78, 5) is 11.7. The second-order valence-electron chi connectivity index (χ2n) is 5.96. The molecule has 1 amide bonds. The fourth-order valence-corrected chi connectivity index (χ4v) is 2.18. The predicted molar refractivity (Wildman–Crippen MR) is 60.3 cm³/mol. The monoisotopic (exact) mass is 210 g/mol. The Balaban J connectivity index is 1.79. The highest BCUT2D eigenvalue weighted by Gasteiger charge is 2.46. The Morgan fingerprint density at radius 2 is 2.07 bits per heavy atom. The van der Waals surface area contributed by atoms with E-state index in [0.29, 0.717) is 0 Å². The van der Waals surface area contributed by atoms with Gasteiger partial charge >= 0.3 is 0 Å². The van der Waals surface area contributed by atoms with Gasteiger partial charge in [0.2, 0.25) is 5.91 Å². The molecule has 3 heteroatoms. The van der Waals surface area contributed by atoms with Gasteiger partial charge < -0.3 is 11.1 Å². The van der Waals surface area contributed by atoms with Crippen molar-refractivity contribution < 1.29 is 4.79 Å². The molecule has 86 valence electrons. The molecule has 0 unspecified atom stereocenters. The van der Waals surface area contributed by atoms with Crippen LogP contribution in [0.5, 0.6) is 0 Å². The van der Waals surface area contributed by atoms with Crippen molar-refractivity contribution in [2.24, 2.45) is 17.1 Å². The molecule has 0 aliphatic heterocycles. The highest BCUT2D eigenvalue weighted by molar-refractivity contribution is 5.88. The lowest BCUT2D eigenvalue weighted by Crippen LogP contribution is -2.48. The summed E-state index contributed by atoms with van der Waals surface area (Å²) in [5, 5.41) is 3.01. The lowest BCUT2D eigenvalue weighted by atomic mass is 9.67. The number of nitrogens with two attached hydrogens (primary N) is 1. The van der Waals surface area contributed by atoms with Gasteiger partial charge in [-0.2, -0.15) is 0 Å². The Morgan fingerprint density at radius 1 is 1.47 bits per heavy atom. The third kappa shape index (κ3) is 2.17. The predicted octanol–water partition coefficient (Wildman–Crippen LogP) is 1.42. The van der Waals surface area contributed by atoms with Crippen LogP contribution in [0.25, 0.3) is 0 Å². The number of hydrogen-bond acceptors (Lipinski definition) is 2. The molecule has 2 saturated carbocycles. The summed E-state index contributed by atoms with van der Waals surface area (Å²) in [5.74, 6) is 0.834. The Kier molecular flexibility index (Phi) is 2.53. The van der Waals surface area contributed by atoms with Gasteiger partial charge in [-0.05, 0) is 37.0 Å². The number of rotatable bonds is 4. The van der Waals surface area contributed by atoms with E-state index in [0.717, 1.165) is 25.3 Å². The number of carbonyl (C=O) groups excluding carboxylic acids is 1. The summed E-state index contributed by atoms with van der Waals surface area (Å²) in [6.07, 6.45) is 5.68. The number of hydrogen-bond donors (Lipinski definition) is 2. The van der Waals surface area contributed by atoms with Gasteiger partial charge in [-0.3, -0.25) is 4.79 Å². The molecule has 3 nitrogen and oxygen atoms in total. The Morgan fingerprint density at radius 3 is 2.47 bits per heavy atom. The molecule has 2 rings (SSSR count). The molecule has 2 aliphatic rings. The first-order valence-corrected chi connectivity index (χ1v) is 6.01. The minimum absolute atomic E-state index is 0.0508. The number of carbonyl (C=O) groups is 1. The second kappa shape index (κ2) is 3.48. The zero-order valence-corrected chi connectivity index (χ0v) is 9.81. The SMILES string of the molecule is CC(C)(CNC(=O)C1(N)CC1)C1CCC1. The van der Waals surface area contributed by atoms with E-state index in [1.54, 1.807) is 0 Å². The molecule has 0 heterocycles. The first-order valence-electron chi connectivity index (χ1n) is 6.01. The standard InChI is InChI=1S/C12H22N2O/c1-11(2,9-4-3-5-9)8-14-10(15)12(13)6-7-12/h9H,3-8,13H2,1-2H3,(H,14,15). The zero-order valence-electron chi connectivity index (χ0n) is 9.81. The molecule has 2 fully saturated rings. The maximum atomic E-state index is 11.7. The van der Waals surface area contributed by atoms with Gasteiger partial charge in [0.15, 0.2) is 0 Å². The lowest BCUT2D eigenvalue weighted by Gasteiger charge is -2.40. The number of amides is 1. The normalized spacial score (nSPS) is 24.5. The van der Waals surface area contributed by atoms with Gasteiger partial charge in [0.25, 0.3) is 0 Å². The first-order chi connectivity index (χ1) is 6.94. The van der Waals surface area contributed by atoms with Crippen LogP contribution in [0.4, 0.5) is 0 Å². The molecular formula is C12H22N2O. The summed E-state index contributed by atoms with van der Waals surface area (Å²) >= 11 is 0. The Labute approximate surface area is 91.8 Å². The largest absolute Gasteiger partial charge is 0.354 e. The van der Waals surface area contributed by atoms with Gasteiger partial charge in [-0.25, -0.2) is 0 Å². The maximum absolute atomic E-state index is 11.7. The van der Waals surface area contributed by atoms with Crippen molar-refractivity contribution in [3.05, 3.63) is 0 Å². The molecule has 0 aromatic carbocycles. The van der Waals surface area contributed by atoms with Crippen LogP contribution in [0.2, 0.25) is 0 Å². The van der Waals surface area contributed by atoms with Crippen LogP contribution in [0.15, 0.2) is 0 Å². The van der Waals surface area contributed by atoms with Gasteiger partial charge in [-0.1, -0.05) is 20.3 Å². The summed E-state index contributed by atoms with van der Waals surface area (Å²) in [6, 6.07) is 0. The molecule has 0 spiro atoms. The van der Waals surface area contributed by atoms with E-state index < -0.39 is 5.54 Å². The second-order valence-corrected chi connectivity index (χ2v) is 5.96. The Bertz CT molecular complexity index is 265. The lowest BCUT2D eigenvalue weighted by molar-refractivity contribution is -0.124. The van der Waals surface area contributed by atoms with Gasteiger partial charge in [0.1, 0.15) is 0 Å². The zero-order chi connectivity index (χ0) is 11.1. The first kappa shape index (κ1) is 10.9. The van der Waals surface area contributed by atoms with Crippen molar-refractivity contribution in [3.63, 3.8) is 0 Å². The van der Waals surface area contributed by atoms with Gasteiger partial charge in [-0.15, -0.1) is 0 Å². The molecule has 0 aromatic rings. The number of nitrogens with one attached hydrogen (secondary N) is 1. The summed E-state index contributed by atoms with van der Waals surface area (Å²) in [7, 11) is 0. The van der Waals surface area contributed by atoms with Crippen molar-refractivity contribution in [2.45, 2.75) is 51.5 Å². The molecule has 0 radical (unpaired) electrons. The summed E-state index contributed by atoms with van der Waals surface area (Å²) in [6.45, 7) is 5.26. The Hall–Kier alpha value is -0.570. The van der Waals surface area contributed by atoms with Crippen LogP contribution in [0, 0.1) is 11.3 Å². The van der Waals surface area contributed by atoms with Crippen LogP contribution >= 0.6 is 0 Å². The minimum atomic E-state index is -0.518. The molecule has 15 heavy (non-hydrogen) atoms. The molecule has 0 aromatic heterocycles. The summed E-state index contributed by atoms with van der Waals surface area (Å²) < 4.78 is 0. The van der Waals surface area contributed by atoms with Gasteiger partial charge in [0, 0.05) is 6.54 Å². The highest BCUT2D eigenvalue weighted by Crippen LogP contribution is 2.41. The third-order valence-corrected chi connectivity index (χ3v) is 4.16. The van der Waals surface area contributed by atoms with E-state index in [-0.39, 0.29) is 11.3 Å². The van der Waals surface area contributed by atoms with Crippen molar-refractivity contribution in [1.29, 1.82) is 0 Å². The van der Waals surface area contributed by atoms with Crippen molar-refractivity contribution in [2.75, 3.05) is 6.54 Å². The summed E-state index contributed by atoms with van der Waals surface area (Å²) in [5.41, 5.74) is 5.55. The van der Waals surface area contributed by atoms with Crippen LogP contribution in [0.1, 0.15) is 46.0 Å². The van der Waals surface area contributed by atoms with E-state index in [1.807, 2.05) is 0 Å². The van der Waals surface area contributed by atoms with Crippen molar-refractivity contribution in [1.82, 2.24) is 5.32 Å². The minimum Gasteiger partial charge on any atom is -0.354 e. The van der Waals surface area contributed by atoms with Crippen molar-refractivity contribution in [3.8, 4) is 0 Å². The molecule has 0 atom stereocenters. The van der Waals surface area contributed by atoms with E-state index in [4.69, 9.17) is 5.73 Å². The van der Waals surface area contributed by atoms with E-state index in [9.17, 15) is 4.79 Å². The fraction of sp³-hybridized carbons (Fsp3) is 0.917. The molecule has 0 bridgehead atoms. The van der Waals surface area contributed by atoms with Crippen LogP contribution in [-0.2, 0) is 4.79 Å². The third-order valence-electron chi connectivity index (χ3n) is 4.16. The average molecular weight is 210 g/mol. The maximum Gasteiger partial charge on any atom is 0.240 e. The molecule has 0 saturated heterocycles. The topological polar surface area (TPSA) is 55.1 Å². The van der Waals surface area contributed by atoms with Gasteiger partial charge in [0.05, 0.1) is 5.54 Å². The van der Waals surface area contributed by atoms with E-state index in [2.05, 4.69) is 19.2 Å². The molecule has 3 N–H and O–H groups in total. The highest BCUT2D eigenvalue weighted by atomic mass is 16.2. The quantitative estimate of drug-likeness (QED) is 0.737. The smallest absolute Gasteiger partial charge is 0.240 e. The van der Waals surface area contributed by atoms with E-state index in [1.165, 1.54) is 19.3 Å². The fourth-order valence-electron chi connectivity index (χ4n) is 2.18. The van der Waals surface area contributed by atoms with Crippen molar-refractivity contribution >= 4 is 5.91 Å². The average Bonchev–Trinajstić information content (AvgIpc) is 2.77. The van der Waals surface area contributed by atoms with Crippen LogP contribution < -0.4 is 11.1 Å². The molecular weight excluding hydrogens is 188 g/mol. The van der Waals surface area contributed by atoms with Crippen LogP contribution in [-0.4, -0.2) is 18.0 Å². The van der Waals surface area contributed by atoms with E-state index >= 15 is 0 Å².